The Morgan fingerprint density at radius 3 is 2.64 bits per heavy atom. The summed E-state index contributed by atoms with van der Waals surface area (Å²) in [6.07, 6.45) is -1.04. The number of esters is 1. The van der Waals surface area contributed by atoms with Gasteiger partial charge in [-0.25, -0.2) is 9.18 Å². The third-order valence-corrected chi connectivity index (χ3v) is 3.53. The standard InChI is InChI=1S/C18H19FN2O4/c1-11(25-18(23)14-8-7-13(19)9-15(14)20)17(22)21-10-12-5-3-4-6-16(12)24-2/h3-9,11H,10,20H2,1-2H3,(H,21,22). The number of hydrogen-bond acceptors (Lipinski definition) is 5. The van der Waals surface area contributed by atoms with Crippen molar-refractivity contribution < 1.29 is 23.5 Å². The number of anilines is 1. The van der Waals surface area contributed by atoms with Gasteiger partial charge >= 0.3 is 5.97 Å². The lowest BCUT2D eigenvalue weighted by Crippen LogP contribution is -2.35. The summed E-state index contributed by atoms with van der Waals surface area (Å²) in [5, 5.41) is 2.67. The van der Waals surface area contributed by atoms with E-state index in [2.05, 4.69) is 5.32 Å². The van der Waals surface area contributed by atoms with E-state index in [1.165, 1.54) is 20.1 Å². The van der Waals surface area contributed by atoms with Gasteiger partial charge in [0.05, 0.1) is 12.7 Å². The maximum absolute atomic E-state index is 13.0. The number of nitrogen functional groups attached to an aromatic ring is 1. The first-order valence-electron chi connectivity index (χ1n) is 7.58. The molecule has 0 saturated carbocycles. The van der Waals surface area contributed by atoms with Crippen molar-refractivity contribution in [3.63, 3.8) is 0 Å². The predicted octanol–water partition coefficient (Wildman–Crippen LogP) is 2.28. The monoisotopic (exact) mass is 346 g/mol. The minimum Gasteiger partial charge on any atom is -0.496 e. The summed E-state index contributed by atoms with van der Waals surface area (Å²) < 4.78 is 23.3. The largest absolute Gasteiger partial charge is 0.496 e. The number of carbonyl (C=O) groups is 2. The first kappa shape index (κ1) is 18.3. The van der Waals surface area contributed by atoms with E-state index in [0.29, 0.717) is 5.75 Å². The van der Waals surface area contributed by atoms with Crippen LogP contribution in [-0.4, -0.2) is 25.1 Å². The molecule has 0 aliphatic rings. The van der Waals surface area contributed by atoms with E-state index in [0.717, 1.165) is 17.7 Å². The molecular formula is C18H19FN2O4. The highest BCUT2D eigenvalue weighted by Gasteiger charge is 2.20. The number of carbonyl (C=O) groups excluding carboxylic acids is 2. The highest BCUT2D eigenvalue weighted by atomic mass is 19.1. The van der Waals surface area contributed by atoms with Crippen LogP contribution in [0.5, 0.6) is 5.75 Å². The van der Waals surface area contributed by atoms with Gasteiger partial charge in [0.15, 0.2) is 6.10 Å². The van der Waals surface area contributed by atoms with Gasteiger partial charge in [-0.05, 0) is 31.2 Å². The molecule has 25 heavy (non-hydrogen) atoms. The van der Waals surface area contributed by atoms with E-state index in [9.17, 15) is 14.0 Å². The van der Waals surface area contributed by atoms with E-state index in [-0.39, 0.29) is 17.8 Å². The Bertz CT molecular complexity index is 779. The molecule has 0 fully saturated rings. The van der Waals surface area contributed by atoms with Crippen LogP contribution in [0.3, 0.4) is 0 Å². The van der Waals surface area contributed by atoms with Gasteiger partial charge in [-0.3, -0.25) is 4.79 Å². The maximum Gasteiger partial charge on any atom is 0.341 e. The van der Waals surface area contributed by atoms with E-state index in [1.54, 1.807) is 6.07 Å². The molecule has 2 aromatic rings. The molecule has 132 valence electrons. The van der Waals surface area contributed by atoms with Gasteiger partial charge in [0.25, 0.3) is 5.91 Å². The van der Waals surface area contributed by atoms with Crippen LogP contribution in [0.25, 0.3) is 0 Å². The summed E-state index contributed by atoms with van der Waals surface area (Å²) in [4.78, 5) is 24.1. The number of rotatable bonds is 6. The van der Waals surface area contributed by atoms with Gasteiger partial charge < -0.3 is 20.5 Å². The number of halogens is 1. The predicted molar refractivity (Wildman–Crippen MR) is 90.5 cm³/mol. The van der Waals surface area contributed by atoms with Gasteiger partial charge in [-0.15, -0.1) is 0 Å². The summed E-state index contributed by atoms with van der Waals surface area (Å²) in [6, 6.07) is 10.6. The molecule has 1 atom stereocenters. The fraction of sp³-hybridized carbons (Fsp3) is 0.222. The molecular weight excluding hydrogens is 327 g/mol. The number of benzene rings is 2. The molecule has 6 nitrogen and oxygen atoms in total. The third kappa shape index (κ3) is 4.69. The van der Waals surface area contributed by atoms with Crippen molar-refractivity contribution in [1.82, 2.24) is 5.32 Å². The van der Waals surface area contributed by atoms with Crippen LogP contribution in [-0.2, 0) is 16.1 Å². The maximum atomic E-state index is 13.0. The normalized spacial score (nSPS) is 11.5. The van der Waals surface area contributed by atoms with Crippen molar-refractivity contribution in [3.8, 4) is 5.75 Å². The van der Waals surface area contributed by atoms with E-state index in [4.69, 9.17) is 15.2 Å². The SMILES string of the molecule is COc1ccccc1CNC(=O)C(C)OC(=O)c1ccc(F)cc1N. The van der Waals surface area contributed by atoms with Crippen LogP contribution in [0.4, 0.5) is 10.1 Å². The van der Waals surface area contributed by atoms with Crippen molar-refractivity contribution in [3.05, 3.63) is 59.4 Å². The number of nitrogens with one attached hydrogen (secondary N) is 1. The Balaban J connectivity index is 1.94. The zero-order chi connectivity index (χ0) is 18.4. The smallest absolute Gasteiger partial charge is 0.341 e. The summed E-state index contributed by atoms with van der Waals surface area (Å²) >= 11 is 0. The Hall–Kier alpha value is -3.09. The fourth-order valence-corrected chi connectivity index (χ4v) is 2.17. The lowest BCUT2D eigenvalue weighted by Gasteiger charge is -2.15. The number of hydrogen-bond donors (Lipinski definition) is 2. The average molecular weight is 346 g/mol. The zero-order valence-electron chi connectivity index (χ0n) is 13.9. The molecule has 1 amide bonds. The Morgan fingerprint density at radius 1 is 1.24 bits per heavy atom. The van der Waals surface area contributed by atoms with Crippen LogP contribution in [0.1, 0.15) is 22.8 Å². The Kier molecular flexibility index (Phi) is 5.94. The second-order valence-corrected chi connectivity index (χ2v) is 5.31. The molecule has 2 aromatic carbocycles. The summed E-state index contributed by atoms with van der Waals surface area (Å²) in [6.45, 7) is 1.67. The van der Waals surface area contributed by atoms with Crippen molar-refractivity contribution in [2.75, 3.05) is 12.8 Å². The highest BCUT2D eigenvalue weighted by molar-refractivity contribution is 5.96. The number of methoxy groups -OCH3 is 1. The molecule has 1 unspecified atom stereocenters. The van der Waals surface area contributed by atoms with Crippen LogP contribution in [0.15, 0.2) is 42.5 Å². The van der Waals surface area contributed by atoms with Crippen LogP contribution in [0, 0.1) is 5.82 Å². The number of nitrogens with two attached hydrogens (primary N) is 1. The summed E-state index contributed by atoms with van der Waals surface area (Å²) in [7, 11) is 1.54. The van der Waals surface area contributed by atoms with Crippen LogP contribution in [0.2, 0.25) is 0 Å². The van der Waals surface area contributed by atoms with Gasteiger partial charge in [0, 0.05) is 17.8 Å². The van der Waals surface area contributed by atoms with Gasteiger partial charge in [-0.1, -0.05) is 18.2 Å². The molecule has 0 heterocycles. The molecule has 0 aromatic heterocycles. The van der Waals surface area contributed by atoms with E-state index in [1.807, 2.05) is 18.2 Å². The average Bonchev–Trinajstić information content (AvgIpc) is 2.59. The molecule has 7 heteroatoms. The lowest BCUT2D eigenvalue weighted by molar-refractivity contribution is -0.129. The summed E-state index contributed by atoms with van der Waals surface area (Å²) in [5.41, 5.74) is 6.33. The van der Waals surface area contributed by atoms with Crippen LogP contribution >= 0.6 is 0 Å². The fourth-order valence-electron chi connectivity index (χ4n) is 2.17. The Labute approximate surface area is 144 Å². The number of ether oxygens (including phenoxy) is 2. The minimum atomic E-state index is -1.04. The highest BCUT2D eigenvalue weighted by Crippen LogP contribution is 2.17. The number of para-hydroxylation sites is 1. The second-order valence-electron chi connectivity index (χ2n) is 5.31. The molecule has 0 aliphatic heterocycles. The molecule has 0 radical (unpaired) electrons. The van der Waals surface area contributed by atoms with Gasteiger partial charge in [0.2, 0.25) is 0 Å². The quantitative estimate of drug-likeness (QED) is 0.619. The molecule has 0 spiro atoms. The lowest BCUT2D eigenvalue weighted by atomic mass is 10.2. The molecule has 0 saturated heterocycles. The first-order chi connectivity index (χ1) is 11.9. The van der Waals surface area contributed by atoms with Crippen molar-refractivity contribution in [2.45, 2.75) is 19.6 Å². The molecule has 0 aliphatic carbocycles. The van der Waals surface area contributed by atoms with Gasteiger partial charge in [0.1, 0.15) is 11.6 Å². The van der Waals surface area contributed by atoms with Crippen molar-refractivity contribution in [2.24, 2.45) is 0 Å². The van der Waals surface area contributed by atoms with Crippen LogP contribution < -0.4 is 15.8 Å². The minimum absolute atomic E-state index is 0.00535. The third-order valence-electron chi connectivity index (χ3n) is 3.53. The number of amides is 1. The topological polar surface area (TPSA) is 90.6 Å². The van der Waals surface area contributed by atoms with E-state index >= 15 is 0 Å². The summed E-state index contributed by atoms with van der Waals surface area (Å²) in [5.74, 6) is -1.18. The Morgan fingerprint density at radius 2 is 1.96 bits per heavy atom. The zero-order valence-corrected chi connectivity index (χ0v) is 13.9. The molecule has 2 rings (SSSR count). The second kappa shape index (κ2) is 8.14. The molecule has 0 bridgehead atoms. The van der Waals surface area contributed by atoms with Crippen molar-refractivity contribution in [1.29, 1.82) is 0 Å². The van der Waals surface area contributed by atoms with E-state index < -0.39 is 23.8 Å². The molecule has 3 N–H and O–H groups in total. The van der Waals surface area contributed by atoms with Crippen molar-refractivity contribution >= 4 is 17.6 Å². The first-order valence-corrected chi connectivity index (χ1v) is 7.58. The van der Waals surface area contributed by atoms with Gasteiger partial charge in [-0.2, -0.15) is 0 Å².